The lowest BCUT2D eigenvalue weighted by Crippen LogP contribution is -2.52. The lowest BCUT2D eigenvalue weighted by molar-refractivity contribution is 0.0608. The van der Waals surface area contributed by atoms with Crippen LogP contribution >= 0.6 is 11.3 Å². The largest absolute Gasteiger partial charge is 0.493 e. The molecular formula is C21H25N3O3S. The van der Waals surface area contributed by atoms with Crippen LogP contribution in [0.4, 0.5) is 0 Å². The van der Waals surface area contributed by atoms with Gasteiger partial charge in [0, 0.05) is 19.1 Å². The zero-order valence-corrected chi connectivity index (χ0v) is 16.6. The highest BCUT2D eigenvalue weighted by atomic mass is 32.1. The van der Waals surface area contributed by atoms with E-state index in [0.717, 1.165) is 32.1 Å². The van der Waals surface area contributed by atoms with Crippen molar-refractivity contribution in [3.05, 3.63) is 46.4 Å². The standard InChI is InChI=1S/C21H25N3O3S/c25-20-16-7-3-4-8-18(16)27-11-5-1-2-6-15-13-24(10-9-17(15)23-20)21(26)19-12-22-14-28-19/h3-4,7-8,12,14-15,17H,1-2,5-6,9-11,13H2,(H,23,25)/t15-,17+/m0/s1. The number of nitrogens with one attached hydrogen (secondary N) is 1. The van der Waals surface area contributed by atoms with E-state index in [2.05, 4.69) is 10.3 Å². The molecule has 7 heteroatoms. The van der Waals surface area contributed by atoms with Gasteiger partial charge in [-0.25, -0.2) is 0 Å². The molecule has 1 fully saturated rings. The van der Waals surface area contributed by atoms with Gasteiger partial charge in [-0.05, 0) is 37.3 Å². The summed E-state index contributed by atoms with van der Waals surface area (Å²) in [5.74, 6) is 0.877. The molecule has 0 bridgehead atoms. The highest BCUT2D eigenvalue weighted by Gasteiger charge is 2.33. The fourth-order valence-corrected chi connectivity index (χ4v) is 4.66. The first-order valence-electron chi connectivity index (χ1n) is 9.93. The third-order valence-corrected chi connectivity index (χ3v) is 6.35. The van der Waals surface area contributed by atoms with Gasteiger partial charge in [0.15, 0.2) is 0 Å². The van der Waals surface area contributed by atoms with Crippen molar-refractivity contribution in [1.29, 1.82) is 0 Å². The van der Waals surface area contributed by atoms with Gasteiger partial charge in [0.05, 0.1) is 23.9 Å². The second-order valence-electron chi connectivity index (χ2n) is 7.44. The van der Waals surface area contributed by atoms with Crippen LogP contribution in [0.1, 0.15) is 52.1 Å². The van der Waals surface area contributed by atoms with Gasteiger partial charge in [-0.3, -0.25) is 14.6 Å². The number of amides is 2. The topological polar surface area (TPSA) is 71.5 Å². The fourth-order valence-electron chi connectivity index (χ4n) is 4.07. The fraction of sp³-hybridized carbons (Fsp3) is 0.476. The molecule has 0 spiro atoms. The number of benzene rings is 1. The molecule has 2 aliphatic rings. The number of hydrogen-bond donors (Lipinski definition) is 1. The Hall–Kier alpha value is -2.41. The molecule has 148 valence electrons. The van der Waals surface area contributed by atoms with Crippen molar-refractivity contribution in [3.8, 4) is 5.75 Å². The number of fused-ring (bicyclic) bond motifs is 2. The molecule has 28 heavy (non-hydrogen) atoms. The molecule has 2 aromatic rings. The van der Waals surface area contributed by atoms with E-state index in [0.29, 0.717) is 35.9 Å². The first-order valence-corrected chi connectivity index (χ1v) is 10.8. The minimum atomic E-state index is -0.0894. The van der Waals surface area contributed by atoms with Gasteiger partial charge in [-0.1, -0.05) is 25.0 Å². The van der Waals surface area contributed by atoms with Gasteiger partial charge in [-0.2, -0.15) is 0 Å². The number of piperidine rings is 1. The highest BCUT2D eigenvalue weighted by molar-refractivity contribution is 7.11. The van der Waals surface area contributed by atoms with Crippen molar-refractivity contribution in [1.82, 2.24) is 15.2 Å². The molecule has 0 unspecified atom stereocenters. The van der Waals surface area contributed by atoms with Gasteiger partial charge in [0.2, 0.25) is 0 Å². The Morgan fingerprint density at radius 3 is 2.96 bits per heavy atom. The third-order valence-electron chi connectivity index (χ3n) is 5.59. The number of likely N-dealkylation sites (tertiary alicyclic amines) is 1. The van der Waals surface area contributed by atoms with Crippen LogP contribution in [0.3, 0.4) is 0 Å². The maximum absolute atomic E-state index is 12.9. The smallest absolute Gasteiger partial charge is 0.265 e. The number of ether oxygens (including phenoxy) is 1. The molecule has 0 saturated carbocycles. The summed E-state index contributed by atoms with van der Waals surface area (Å²) < 4.78 is 5.84. The van der Waals surface area contributed by atoms with Crippen LogP contribution in [0.15, 0.2) is 36.0 Å². The molecule has 3 heterocycles. The van der Waals surface area contributed by atoms with Crippen molar-refractivity contribution < 1.29 is 14.3 Å². The molecule has 2 atom stereocenters. The van der Waals surface area contributed by atoms with E-state index in [9.17, 15) is 9.59 Å². The van der Waals surface area contributed by atoms with E-state index in [-0.39, 0.29) is 23.8 Å². The molecule has 2 amide bonds. The van der Waals surface area contributed by atoms with Crippen molar-refractivity contribution >= 4 is 23.2 Å². The van der Waals surface area contributed by atoms with Gasteiger partial charge in [0.1, 0.15) is 10.6 Å². The summed E-state index contributed by atoms with van der Waals surface area (Å²) in [5, 5.41) is 3.22. The van der Waals surface area contributed by atoms with Crippen LogP contribution in [0.25, 0.3) is 0 Å². The predicted octanol–water partition coefficient (Wildman–Crippen LogP) is 3.36. The number of thiazole rings is 1. The summed E-state index contributed by atoms with van der Waals surface area (Å²) in [6.45, 7) is 1.95. The number of nitrogens with zero attached hydrogens (tertiary/aromatic N) is 2. The quantitative estimate of drug-likeness (QED) is 0.798. The Labute approximate surface area is 168 Å². The summed E-state index contributed by atoms with van der Waals surface area (Å²) >= 11 is 1.38. The molecule has 1 aromatic carbocycles. The van der Waals surface area contributed by atoms with E-state index in [4.69, 9.17) is 4.74 Å². The predicted molar refractivity (Wildman–Crippen MR) is 108 cm³/mol. The summed E-state index contributed by atoms with van der Waals surface area (Å²) in [6.07, 6.45) is 6.53. The minimum absolute atomic E-state index is 0.0529. The maximum Gasteiger partial charge on any atom is 0.265 e. The molecule has 0 aliphatic carbocycles. The molecule has 1 saturated heterocycles. The Morgan fingerprint density at radius 1 is 1.21 bits per heavy atom. The summed E-state index contributed by atoms with van der Waals surface area (Å²) in [4.78, 5) is 32.3. The molecule has 0 radical (unpaired) electrons. The van der Waals surface area contributed by atoms with E-state index >= 15 is 0 Å². The maximum atomic E-state index is 12.9. The van der Waals surface area contributed by atoms with E-state index in [1.807, 2.05) is 29.2 Å². The Morgan fingerprint density at radius 2 is 2.11 bits per heavy atom. The number of carbonyl (C=O) groups is 2. The Balaban J connectivity index is 1.51. The van der Waals surface area contributed by atoms with Crippen LogP contribution in [-0.2, 0) is 0 Å². The minimum Gasteiger partial charge on any atom is -0.493 e. The van der Waals surface area contributed by atoms with Gasteiger partial charge >= 0.3 is 0 Å². The SMILES string of the molecule is O=C1N[C@@H]2CCN(C(=O)c3cncs3)C[C@@H]2CCCCCOc2ccccc21. The van der Waals surface area contributed by atoms with Crippen LogP contribution in [-0.4, -0.2) is 47.4 Å². The zero-order valence-electron chi connectivity index (χ0n) is 15.8. The van der Waals surface area contributed by atoms with Crippen LogP contribution in [0, 0.1) is 5.92 Å². The zero-order chi connectivity index (χ0) is 19.3. The molecule has 2 aliphatic heterocycles. The van der Waals surface area contributed by atoms with E-state index in [1.54, 1.807) is 11.7 Å². The Bertz CT molecular complexity index is 824. The van der Waals surface area contributed by atoms with Crippen molar-refractivity contribution in [2.45, 2.75) is 38.1 Å². The van der Waals surface area contributed by atoms with E-state index in [1.165, 1.54) is 11.3 Å². The van der Waals surface area contributed by atoms with Gasteiger partial charge in [0.25, 0.3) is 11.8 Å². The first-order chi connectivity index (χ1) is 13.7. The third kappa shape index (κ3) is 4.19. The lowest BCUT2D eigenvalue weighted by Gasteiger charge is -2.39. The average Bonchev–Trinajstić information content (AvgIpc) is 3.25. The number of hydrogen-bond acceptors (Lipinski definition) is 5. The van der Waals surface area contributed by atoms with Crippen molar-refractivity contribution in [2.24, 2.45) is 5.92 Å². The number of para-hydroxylation sites is 1. The average molecular weight is 400 g/mol. The van der Waals surface area contributed by atoms with E-state index < -0.39 is 0 Å². The lowest BCUT2D eigenvalue weighted by atomic mass is 9.87. The molecular weight excluding hydrogens is 374 g/mol. The Kier molecular flexibility index (Phi) is 5.90. The second kappa shape index (κ2) is 8.73. The summed E-state index contributed by atoms with van der Waals surface area (Å²) in [5.41, 5.74) is 2.28. The van der Waals surface area contributed by atoms with Crippen molar-refractivity contribution in [3.63, 3.8) is 0 Å². The number of carbonyl (C=O) groups excluding carboxylic acids is 2. The van der Waals surface area contributed by atoms with Crippen LogP contribution < -0.4 is 10.1 Å². The summed E-state index contributed by atoms with van der Waals surface area (Å²) in [6, 6.07) is 7.50. The molecule has 6 nitrogen and oxygen atoms in total. The molecule has 4 rings (SSSR count). The monoisotopic (exact) mass is 399 g/mol. The number of rotatable bonds is 1. The second-order valence-corrected chi connectivity index (χ2v) is 8.33. The van der Waals surface area contributed by atoms with Crippen LogP contribution in [0.2, 0.25) is 0 Å². The normalized spacial score (nSPS) is 23.3. The number of aromatic nitrogens is 1. The summed E-state index contributed by atoms with van der Waals surface area (Å²) in [7, 11) is 0. The van der Waals surface area contributed by atoms with Gasteiger partial charge in [-0.15, -0.1) is 11.3 Å². The van der Waals surface area contributed by atoms with Crippen molar-refractivity contribution in [2.75, 3.05) is 19.7 Å². The van der Waals surface area contributed by atoms with Crippen LogP contribution in [0.5, 0.6) is 5.75 Å². The van der Waals surface area contributed by atoms with Gasteiger partial charge < -0.3 is 15.0 Å². The molecule has 1 aromatic heterocycles. The molecule has 1 N–H and O–H groups in total. The first kappa shape index (κ1) is 18.9. The highest BCUT2D eigenvalue weighted by Crippen LogP contribution is 2.27.